The maximum atomic E-state index is 12.2. The molecule has 2 heterocycles. The van der Waals surface area contributed by atoms with Crippen LogP contribution in [0.4, 0.5) is 5.69 Å². The molecule has 11 nitrogen and oxygen atoms in total. The topological polar surface area (TPSA) is 149 Å². The molecule has 4 aromatic rings. The second-order valence-corrected chi connectivity index (χ2v) is 10.9. The average Bonchev–Trinajstić information content (AvgIpc) is 3.49. The van der Waals surface area contributed by atoms with E-state index in [1.807, 2.05) is 60.7 Å². The lowest BCUT2D eigenvalue weighted by Gasteiger charge is -2.41. The molecule has 0 radical (unpaired) electrons. The van der Waals surface area contributed by atoms with Crippen molar-refractivity contribution in [3.05, 3.63) is 95.6 Å². The monoisotopic (exact) mass is 589 g/mol. The van der Waals surface area contributed by atoms with Crippen molar-refractivity contribution in [3.8, 4) is 5.69 Å². The Kier molecular flexibility index (Phi) is 9.59. The highest BCUT2D eigenvalue weighted by Gasteiger charge is 2.38. The number of benzene rings is 3. The summed E-state index contributed by atoms with van der Waals surface area (Å²) < 4.78 is 14.7. The summed E-state index contributed by atoms with van der Waals surface area (Å²) in [5.41, 5.74) is 3.84. The van der Waals surface area contributed by atoms with Gasteiger partial charge in [-0.05, 0) is 45.8 Å². The van der Waals surface area contributed by atoms with E-state index in [1.54, 1.807) is 22.9 Å². The van der Waals surface area contributed by atoms with Gasteiger partial charge < -0.3 is 25.0 Å². The van der Waals surface area contributed by atoms with Crippen molar-refractivity contribution < 1.29 is 29.3 Å². The van der Waals surface area contributed by atoms with E-state index in [-0.39, 0.29) is 43.5 Å². The number of para-hydroxylation sites is 1. The predicted molar refractivity (Wildman–Crippen MR) is 155 cm³/mol. The number of thioether (sulfide) groups is 1. The number of aromatic nitrogens is 4. The molecule has 3 N–H and O–H groups in total. The van der Waals surface area contributed by atoms with Gasteiger partial charge in [0.2, 0.25) is 11.1 Å². The summed E-state index contributed by atoms with van der Waals surface area (Å²) in [6.45, 7) is 2.03. The number of nitrogens with one attached hydrogen (secondary N) is 1. The fraction of sp³-hybridized carbons (Fsp3) is 0.300. The highest BCUT2D eigenvalue weighted by atomic mass is 32.2. The van der Waals surface area contributed by atoms with Crippen LogP contribution < -0.4 is 5.32 Å². The Morgan fingerprint density at radius 2 is 1.76 bits per heavy atom. The number of anilines is 1. The van der Waals surface area contributed by atoms with Gasteiger partial charge in [-0.25, -0.2) is 0 Å². The van der Waals surface area contributed by atoms with E-state index < -0.39 is 12.3 Å². The van der Waals surface area contributed by atoms with Crippen LogP contribution in [0, 0.1) is 5.92 Å². The first kappa shape index (κ1) is 29.4. The number of rotatable bonds is 11. The average molecular weight is 590 g/mol. The van der Waals surface area contributed by atoms with Gasteiger partial charge in [0.05, 0.1) is 30.9 Å². The molecular weight excluding hydrogens is 558 g/mol. The number of carboxylic acid groups (broad SMARTS) is 1. The number of ether oxygens (including phenoxy) is 2. The van der Waals surface area contributed by atoms with Gasteiger partial charge in [-0.3, -0.25) is 9.59 Å². The molecule has 0 spiro atoms. The fourth-order valence-corrected chi connectivity index (χ4v) is 5.73. The molecule has 4 atom stereocenters. The number of nitrogens with zero attached hydrogens (tertiary/aromatic N) is 4. The van der Waals surface area contributed by atoms with Crippen LogP contribution in [-0.4, -0.2) is 54.2 Å². The number of aliphatic carboxylic acids is 1. The molecule has 12 heteroatoms. The Hall–Kier alpha value is -4.10. The quantitative estimate of drug-likeness (QED) is 0.213. The molecule has 0 unspecified atom stereocenters. The van der Waals surface area contributed by atoms with E-state index in [0.717, 1.165) is 16.8 Å². The molecule has 1 saturated heterocycles. The third-order valence-electron chi connectivity index (χ3n) is 6.95. The maximum absolute atomic E-state index is 12.2. The number of amides is 1. The molecule has 0 saturated carbocycles. The smallest absolute Gasteiger partial charge is 0.303 e. The number of hydrogen-bond acceptors (Lipinski definition) is 9. The van der Waals surface area contributed by atoms with Crippen LogP contribution in [0.15, 0.2) is 84.0 Å². The van der Waals surface area contributed by atoms with Gasteiger partial charge in [0.15, 0.2) is 6.29 Å². The predicted octanol–water partition coefficient (Wildman–Crippen LogP) is 4.54. The van der Waals surface area contributed by atoms with Crippen LogP contribution >= 0.6 is 11.8 Å². The molecular formula is C30H31N5O6S. The van der Waals surface area contributed by atoms with Gasteiger partial charge in [-0.2, -0.15) is 4.68 Å². The number of aliphatic hydroxyl groups is 1. The summed E-state index contributed by atoms with van der Waals surface area (Å²) in [5, 5.41) is 34.0. The second-order valence-electron chi connectivity index (χ2n) is 9.91. The normalized spacial score (nSPS) is 20.2. The van der Waals surface area contributed by atoms with Crippen LogP contribution in [0.25, 0.3) is 5.69 Å². The summed E-state index contributed by atoms with van der Waals surface area (Å²) in [7, 11) is 0. The number of hydrogen-bond donors (Lipinski definition) is 3. The van der Waals surface area contributed by atoms with Crippen molar-refractivity contribution in [2.45, 2.75) is 50.0 Å². The first-order valence-electron chi connectivity index (χ1n) is 13.5. The fourth-order valence-electron chi connectivity index (χ4n) is 4.67. The number of carboxylic acids is 1. The summed E-state index contributed by atoms with van der Waals surface area (Å²) in [6.07, 6.45) is -1.69. The molecule has 1 aliphatic heterocycles. The Morgan fingerprint density at radius 1 is 0.976 bits per heavy atom. The van der Waals surface area contributed by atoms with Gasteiger partial charge in [-0.15, -0.1) is 5.10 Å². The van der Waals surface area contributed by atoms with Gasteiger partial charge in [-0.1, -0.05) is 73.3 Å². The van der Waals surface area contributed by atoms with Crippen LogP contribution in [0.5, 0.6) is 0 Å². The minimum Gasteiger partial charge on any atom is -0.481 e. The SMILES string of the molecule is C[C@H]1[C@@H](CSc2nnnn2-c2ccccc2)O[C@@H](c2cccc(NC(=O)CCC(=O)O)c2)O[C@H]1c1ccc(CO)cc1. The van der Waals surface area contributed by atoms with Crippen molar-refractivity contribution >= 4 is 29.3 Å². The minimum atomic E-state index is -1.03. The van der Waals surface area contributed by atoms with E-state index in [1.165, 1.54) is 11.8 Å². The zero-order chi connectivity index (χ0) is 29.5. The highest BCUT2D eigenvalue weighted by molar-refractivity contribution is 7.99. The van der Waals surface area contributed by atoms with E-state index in [9.17, 15) is 14.7 Å². The van der Waals surface area contributed by atoms with Crippen molar-refractivity contribution in [1.29, 1.82) is 0 Å². The Labute approximate surface area is 246 Å². The molecule has 3 aromatic carbocycles. The number of carbonyl (C=O) groups is 2. The summed E-state index contributed by atoms with van der Waals surface area (Å²) in [4.78, 5) is 23.1. The van der Waals surface area contributed by atoms with Crippen molar-refractivity contribution in [3.63, 3.8) is 0 Å². The van der Waals surface area contributed by atoms with Crippen LogP contribution in [0.1, 0.15) is 48.8 Å². The molecule has 0 bridgehead atoms. The van der Waals surface area contributed by atoms with Crippen molar-refractivity contribution in [2.75, 3.05) is 11.1 Å². The van der Waals surface area contributed by atoms with Crippen LogP contribution in [-0.2, 0) is 25.7 Å². The summed E-state index contributed by atoms with van der Waals surface area (Å²) in [6, 6.07) is 24.5. The van der Waals surface area contributed by atoms with Crippen molar-refractivity contribution in [1.82, 2.24) is 20.2 Å². The minimum absolute atomic E-state index is 0.0475. The maximum Gasteiger partial charge on any atom is 0.303 e. The lowest BCUT2D eigenvalue weighted by Crippen LogP contribution is -2.38. The summed E-state index contributed by atoms with van der Waals surface area (Å²) >= 11 is 1.49. The van der Waals surface area contributed by atoms with Gasteiger partial charge in [0.1, 0.15) is 0 Å². The van der Waals surface area contributed by atoms with Gasteiger partial charge >= 0.3 is 5.97 Å². The molecule has 1 amide bonds. The zero-order valence-corrected chi connectivity index (χ0v) is 23.7. The van der Waals surface area contributed by atoms with E-state index >= 15 is 0 Å². The Balaban J connectivity index is 1.37. The van der Waals surface area contributed by atoms with Crippen LogP contribution in [0.2, 0.25) is 0 Å². The molecule has 218 valence electrons. The zero-order valence-electron chi connectivity index (χ0n) is 22.9. The van der Waals surface area contributed by atoms with Gasteiger partial charge in [0, 0.05) is 29.3 Å². The molecule has 5 rings (SSSR count). The van der Waals surface area contributed by atoms with E-state index in [4.69, 9.17) is 14.6 Å². The Morgan fingerprint density at radius 3 is 2.50 bits per heavy atom. The molecule has 1 fully saturated rings. The number of tetrazole rings is 1. The van der Waals surface area contributed by atoms with Gasteiger partial charge in [0.25, 0.3) is 0 Å². The first-order valence-corrected chi connectivity index (χ1v) is 14.5. The number of carbonyl (C=O) groups excluding carboxylic acids is 1. The molecule has 0 aliphatic carbocycles. The third kappa shape index (κ3) is 7.21. The third-order valence-corrected chi connectivity index (χ3v) is 7.96. The Bertz CT molecular complexity index is 1500. The van der Waals surface area contributed by atoms with E-state index in [0.29, 0.717) is 22.2 Å². The largest absolute Gasteiger partial charge is 0.481 e. The second kappa shape index (κ2) is 13.7. The standard InChI is InChI=1S/C30H31N5O6S/c1-19-25(18-42-30-32-33-34-35(30)24-8-3-2-4-9-24)40-29(41-28(19)21-12-10-20(17-36)11-13-21)22-6-5-7-23(16-22)31-26(37)14-15-27(38)39/h2-13,16,19,25,28-29,36H,14-15,17-18H2,1H3,(H,31,37)(H,38,39)/t19-,25+,28+,29+/m0/s1. The lowest BCUT2D eigenvalue weighted by molar-refractivity contribution is -0.268. The lowest BCUT2D eigenvalue weighted by atomic mass is 9.91. The number of aliphatic hydroxyl groups excluding tert-OH is 1. The highest BCUT2D eigenvalue weighted by Crippen LogP contribution is 2.43. The van der Waals surface area contributed by atoms with E-state index in [2.05, 4.69) is 27.8 Å². The molecule has 1 aliphatic rings. The summed E-state index contributed by atoms with van der Waals surface area (Å²) in [5.74, 6) is -0.920. The first-order chi connectivity index (χ1) is 20.4. The molecule has 42 heavy (non-hydrogen) atoms. The van der Waals surface area contributed by atoms with Crippen molar-refractivity contribution in [2.24, 2.45) is 5.92 Å². The van der Waals surface area contributed by atoms with Crippen LogP contribution in [0.3, 0.4) is 0 Å². The molecule has 1 aromatic heterocycles.